The number of nitrogens with zero attached hydrogens (tertiary/aromatic N) is 1. The number of hydrogen-bond donors (Lipinski definition) is 2. The van der Waals surface area contributed by atoms with Crippen LogP contribution < -0.4 is 15.6 Å². The van der Waals surface area contributed by atoms with Gasteiger partial charge in [0.15, 0.2) is 0 Å². The van der Waals surface area contributed by atoms with E-state index in [4.69, 9.17) is 15.6 Å². The lowest BCUT2D eigenvalue weighted by Crippen LogP contribution is -2.15. The van der Waals surface area contributed by atoms with E-state index in [9.17, 15) is 8.42 Å². The van der Waals surface area contributed by atoms with Crippen LogP contribution >= 0.6 is 0 Å². The molecule has 0 aliphatic heterocycles. The van der Waals surface area contributed by atoms with Crippen LogP contribution in [0.15, 0.2) is 47.5 Å². The zero-order chi connectivity index (χ0) is 14.6. The Hall–Kier alpha value is -2.12. The van der Waals surface area contributed by atoms with Crippen LogP contribution in [0.3, 0.4) is 0 Å². The van der Waals surface area contributed by atoms with Gasteiger partial charge in [-0.1, -0.05) is 6.07 Å². The van der Waals surface area contributed by atoms with Gasteiger partial charge in [0.05, 0.1) is 6.61 Å². The van der Waals surface area contributed by atoms with Crippen molar-refractivity contribution in [2.45, 2.75) is 11.3 Å². The molecule has 0 saturated heterocycles. The summed E-state index contributed by atoms with van der Waals surface area (Å²) in [5.41, 5.74) is 6.73. The summed E-state index contributed by atoms with van der Waals surface area (Å²) in [7, 11) is -3.87. The summed E-state index contributed by atoms with van der Waals surface area (Å²) in [6, 6.07) is 9.90. The summed E-state index contributed by atoms with van der Waals surface area (Å²) in [6.07, 6.45) is 2.25. The third-order valence-corrected chi connectivity index (χ3v) is 3.55. The molecule has 106 valence electrons. The first kappa shape index (κ1) is 14.3. The summed E-state index contributed by atoms with van der Waals surface area (Å²) >= 11 is 0. The Kier molecular flexibility index (Phi) is 4.21. The van der Waals surface area contributed by atoms with Gasteiger partial charge in [-0.25, -0.2) is 13.6 Å². The van der Waals surface area contributed by atoms with Gasteiger partial charge in [-0.05, 0) is 30.3 Å². The lowest BCUT2D eigenvalue weighted by atomic mass is 10.3. The first-order valence-corrected chi connectivity index (χ1v) is 7.46. The minimum atomic E-state index is -3.87. The summed E-state index contributed by atoms with van der Waals surface area (Å²) in [5.74, 6) is 0.192. The van der Waals surface area contributed by atoms with Crippen molar-refractivity contribution >= 4 is 15.7 Å². The molecule has 1 heterocycles. The second-order valence-corrected chi connectivity index (χ2v) is 5.70. The highest BCUT2D eigenvalue weighted by Gasteiger charge is 2.15. The number of hydrogen-bond acceptors (Lipinski definition) is 5. The molecule has 1 aromatic heterocycles. The van der Waals surface area contributed by atoms with E-state index >= 15 is 0 Å². The number of sulfonamides is 1. The maximum absolute atomic E-state index is 11.5. The fraction of sp³-hybridized carbons (Fsp3) is 0.154. The van der Waals surface area contributed by atoms with Crippen LogP contribution in [0.4, 0.5) is 5.69 Å². The van der Waals surface area contributed by atoms with E-state index in [0.717, 1.165) is 5.69 Å². The van der Waals surface area contributed by atoms with Crippen molar-refractivity contribution in [2.75, 3.05) is 12.3 Å². The van der Waals surface area contributed by atoms with Gasteiger partial charge >= 0.3 is 0 Å². The first-order chi connectivity index (χ1) is 9.47. The standard InChI is InChI=1S/C13H15N3O3S/c14-10-4-5-12(13(9-10)20(15,17)18)19-8-6-11-3-1-2-7-16-11/h1-5,7,9H,6,8,14H2,(H2,15,17,18). The molecule has 0 aliphatic rings. The number of anilines is 1. The minimum absolute atomic E-state index is 0.112. The van der Waals surface area contributed by atoms with Crippen molar-refractivity contribution in [1.29, 1.82) is 0 Å². The fourth-order valence-corrected chi connectivity index (χ4v) is 2.39. The Morgan fingerprint density at radius 1 is 1.20 bits per heavy atom. The van der Waals surface area contributed by atoms with Crippen LogP contribution in [0.2, 0.25) is 0 Å². The van der Waals surface area contributed by atoms with Gasteiger partial charge in [-0.2, -0.15) is 0 Å². The highest BCUT2D eigenvalue weighted by Crippen LogP contribution is 2.25. The van der Waals surface area contributed by atoms with Crippen LogP contribution in [-0.4, -0.2) is 20.0 Å². The van der Waals surface area contributed by atoms with Gasteiger partial charge in [-0.3, -0.25) is 4.98 Å². The second kappa shape index (κ2) is 5.89. The summed E-state index contributed by atoms with van der Waals surface area (Å²) in [6.45, 7) is 0.295. The van der Waals surface area contributed by atoms with Crippen LogP contribution in [0.5, 0.6) is 5.75 Å². The van der Waals surface area contributed by atoms with Gasteiger partial charge in [-0.15, -0.1) is 0 Å². The second-order valence-electron chi connectivity index (χ2n) is 4.17. The topological polar surface area (TPSA) is 108 Å². The summed E-state index contributed by atoms with van der Waals surface area (Å²) in [4.78, 5) is 4.04. The van der Waals surface area contributed by atoms with Crippen LogP contribution in [0, 0.1) is 0 Å². The molecule has 2 aromatic rings. The summed E-state index contributed by atoms with van der Waals surface area (Å²) < 4.78 is 28.4. The van der Waals surface area contributed by atoms with Crippen molar-refractivity contribution in [3.63, 3.8) is 0 Å². The Morgan fingerprint density at radius 2 is 2.00 bits per heavy atom. The smallest absolute Gasteiger partial charge is 0.241 e. The molecule has 1 aromatic carbocycles. The molecule has 0 spiro atoms. The van der Waals surface area contributed by atoms with Gasteiger partial charge in [0.1, 0.15) is 10.6 Å². The molecule has 0 fully saturated rings. The van der Waals surface area contributed by atoms with Gasteiger partial charge in [0, 0.05) is 24.0 Å². The Morgan fingerprint density at radius 3 is 2.65 bits per heavy atom. The van der Waals surface area contributed by atoms with E-state index in [1.165, 1.54) is 12.1 Å². The normalized spacial score (nSPS) is 11.2. The third kappa shape index (κ3) is 3.69. The van der Waals surface area contributed by atoms with E-state index in [-0.39, 0.29) is 10.6 Å². The fourth-order valence-electron chi connectivity index (χ4n) is 1.68. The average molecular weight is 293 g/mol. The number of ether oxygens (including phenoxy) is 1. The van der Waals surface area contributed by atoms with Crippen molar-refractivity contribution in [1.82, 2.24) is 4.98 Å². The summed E-state index contributed by atoms with van der Waals surface area (Å²) in [5, 5.41) is 5.13. The number of pyridine rings is 1. The number of benzene rings is 1. The van der Waals surface area contributed by atoms with E-state index in [2.05, 4.69) is 4.98 Å². The molecule has 0 aliphatic carbocycles. The van der Waals surface area contributed by atoms with Crippen molar-refractivity contribution in [3.05, 3.63) is 48.3 Å². The molecule has 0 saturated carbocycles. The number of aromatic nitrogens is 1. The van der Waals surface area contributed by atoms with Gasteiger partial charge < -0.3 is 10.5 Å². The molecule has 0 atom stereocenters. The Labute approximate surface area is 117 Å². The maximum atomic E-state index is 11.5. The maximum Gasteiger partial charge on any atom is 0.241 e. The van der Waals surface area contributed by atoms with Crippen molar-refractivity contribution in [2.24, 2.45) is 5.14 Å². The predicted octanol–water partition coefficient (Wildman–Crippen LogP) is 0.933. The Bertz CT molecular complexity index is 687. The monoisotopic (exact) mass is 293 g/mol. The van der Waals surface area contributed by atoms with Crippen LogP contribution in [0.25, 0.3) is 0 Å². The highest BCUT2D eigenvalue weighted by atomic mass is 32.2. The van der Waals surface area contributed by atoms with Crippen LogP contribution in [0.1, 0.15) is 5.69 Å². The van der Waals surface area contributed by atoms with Gasteiger partial charge in [0.25, 0.3) is 0 Å². The minimum Gasteiger partial charge on any atom is -0.492 e. The van der Waals surface area contributed by atoms with Crippen molar-refractivity contribution in [3.8, 4) is 5.75 Å². The third-order valence-electron chi connectivity index (χ3n) is 2.62. The number of nitrogen functional groups attached to an aromatic ring is 1. The molecule has 2 rings (SSSR count). The zero-order valence-electron chi connectivity index (χ0n) is 10.7. The average Bonchev–Trinajstić information content (AvgIpc) is 2.40. The molecule has 0 amide bonds. The van der Waals surface area contributed by atoms with Crippen molar-refractivity contribution < 1.29 is 13.2 Å². The molecule has 0 unspecified atom stereocenters. The zero-order valence-corrected chi connectivity index (χ0v) is 11.5. The molecule has 6 nitrogen and oxygen atoms in total. The SMILES string of the molecule is Nc1ccc(OCCc2ccccn2)c(S(N)(=O)=O)c1. The predicted molar refractivity (Wildman–Crippen MR) is 75.7 cm³/mol. The van der Waals surface area contributed by atoms with E-state index < -0.39 is 10.0 Å². The molecule has 0 bridgehead atoms. The number of nitrogens with two attached hydrogens (primary N) is 2. The van der Waals surface area contributed by atoms with E-state index in [1.807, 2.05) is 18.2 Å². The number of rotatable bonds is 5. The first-order valence-electron chi connectivity index (χ1n) is 5.92. The quantitative estimate of drug-likeness (QED) is 0.797. The number of primary sulfonamides is 1. The Balaban J connectivity index is 2.10. The van der Waals surface area contributed by atoms with Gasteiger partial charge in [0.2, 0.25) is 10.0 Å². The van der Waals surface area contributed by atoms with Crippen LogP contribution in [-0.2, 0) is 16.4 Å². The molecule has 7 heteroatoms. The lowest BCUT2D eigenvalue weighted by Gasteiger charge is -2.10. The molecular formula is C13H15N3O3S. The molecule has 20 heavy (non-hydrogen) atoms. The van der Waals surface area contributed by atoms with E-state index in [0.29, 0.717) is 18.7 Å². The lowest BCUT2D eigenvalue weighted by molar-refractivity contribution is 0.312. The molecule has 0 radical (unpaired) electrons. The largest absolute Gasteiger partial charge is 0.492 e. The molecule has 4 N–H and O–H groups in total. The molecular weight excluding hydrogens is 278 g/mol. The highest BCUT2D eigenvalue weighted by molar-refractivity contribution is 7.89. The van der Waals surface area contributed by atoms with E-state index in [1.54, 1.807) is 12.3 Å².